The van der Waals surface area contributed by atoms with E-state index in [4.69, 9.17) is 28.3 Å². The number of benzene rings is 1. The third-order valence-electron chi connectivity index (χ3n) is 3.81. The lowest BCUT2D eigenvalue weighted by Gasteiger charge is -2.34. The molecule has 0 aromatic heterocycles. The summed E-state index contributed by atoms with van der Waals surface area (Å²) in [4.78, 5) is 24.8. The summed E-state index contributed by atoms with van der Waals surface area (Å²) in [5.74, 6) is 0. The first kappa shape index (κ1) is 18.2. The number of nitriles is 1. The van der Waals surface area contributed by atoms with Crippen molar-refractivity contribution in [3.05, 3.63) is 39.4 Å². The third-order valence-corrected chi connectivity index (χ3v) is 4.03. The molecule has 3 N–H and O–H groups in total. The number of nitro benzene ring substituents is 1. The summed E-state index contributed by atoms with van der Waals surface area (Å²) in [5, 5.41) is 29.3. The van der Waals surface area contributed by atoms with Crippen LogP contribution in [0.1, 0.15) is 5.56 Å². The molecule has 0 radical (unpaired) electrons. The molecular weight excluding hydrogens is 346 g/mol. The molecule has 0 atom stereocenters. The van der Waals surface area contributed by atoms with Crippen LogP contribution in [0.2, 0.25) is 0 Å². The first-order valence-electron chi connectivity index (χ1n) is 7.26. The van der Waals surface area contributed by atoms with Gasteiger partial charge in [-0.2, -0.15) is 5.26 Å². The van der Waals surface area contributed by atoms with Gasteiger partial charge in [-0.3, -0.25) is 10.1 Å². The van der Waals surface area contributed by atoms with Crippen molar-refractivity contribution in [2.75, 3.05) is 31.1 Å². The number of thiocarbonyl (C=S) groups is 1. The summed E-state index contributed by atoms with van der Waals surface area (Å²) >= 11 is 4.74. The Bertz CT molecular complexity index is 794. The lowest BCUT2D eigenvalue weighted by Crippen LogP contribution is -2.48. The maximum Gasteiger partial charge on any atom is 0.407 e. The number of anilines is 1. The molecule has 130 valence electrons. The van der Waals surface area contributed by atoms with Gasteiger partial charge in [0.1, 0.15) is 11.1 Å². The van der Waals surface area contributed by atoms with E-state index in [1.165, 1.54) is 23.1 Å². The number of carbonyl (C=O) groups is 1. The highest BCUT2D eigenvalue weighted by atomic mass is 32.1. The van der Waals surface area contributed by atoms with Crippen LogP contribution in [0.4, 0.5) is 16.2 Å². The zero-order chi connectivity index (χ0) is 18.6. The molecule has 1 aromatic rings. The Hall–Kier alpha value is -3.19. The molecule has 0 bridgehead atoms. The Labute approximate surface area is 148 Å². The molecule has 25 heavy (non-hydrogen) atoms. The van der Waals surface area contributed by atoms with Gasteiger partial charge in [0, 0.05) is 37.9 Å². The summed E-state index contributed by atoms with van der Waals surface area (Å²) in [6.07, 6.45) is 0.306. The quantitative estimate of drug-likeness (QED) is 0.271. The molecular formula is C15H15N5O4S. The van der Waals surface area contributed by atoms with Gasteiger partial charge in [0.25, 0.3) is 5.69 Å². The fraction of sp³-hybridized carbons (Fsp3) is 0.267. The van der Waals surface area contributed by atoms with Crippen LogP contribution in [-0.4, -0.2) is 52.2 Å². The second-order valence-electron chi connectivity index (χ2n) is 5.29. The number of hydrogen-bond donors (Lipinski definition) is 2. The number of hydrogen-bond acceptors (Lipinski definition) is 6. The van der Waals surface area contributed by atoms with Crippen molar-refractivity contribution in [3.8, 4) is 6.07 Å². The summed E-state index contributed by atoms with van der Waals surface area (Å²) < 4.78 is 0. The number of carboxylic acid groups (broad SMARTS) is 1. The number of rotatable bonds is 4. The van der Waals surface area contributed by atoms with E-state index in [0.29, 0.717) is 31.9 Å². The van der Waals surface area contributed by atoms with Crippen LogP contribution in [0.3, 0.4) is 0 Å². The van der Waals surface area contributed by atoms with Crippen LogP contribution in [0.15, 0.2) is 23.8 Å². The van der Waals surface area contributed by atoms with Crippen molar-refractivity contribution < 1.29 is 14.8 Å². The van der Waals surface area contributed by atoms with Gasteiger partial charge in [0.2, 0.25) is 0 Å². The third kappa shape index (κ3) is 4.21. The van der Waals surface area contributed by atoms with Crippen molar-refractivity contribution in [3.63, 3.8) is 0 Å². The Morgan fingerprint density at radius 1 is 1.40 bits per heavy atom. The average Bonchev–Trinajstić information content (AvgIpc) is 2.59. The predicted octanol–water partition coefficient (Wildman–Crippen LogP) is 1.59. The Kier molecular flexibility index (Phi) is 5.51. The fourth-order valence-corrected chi connectivity index (χ4v) is 2.58. The number of nitrogens with zero attached hydrogens (tertiary/aromatic N) is 4. The fourth-order valence-electron chi connectivity index (χ4n) is 2.48. The molecule has 1 aliphatic heterocycles. The summed E-state index contributed by atoms with van der Waals surface area (Å²) in [7, 11) is 0. The van der Waals surface area contributed by atoms with Crippen LogP contribution in [0.25, 0.3) is 6.08 Å². The highest BCUT2D eigenvalue weighted by molar-refractivity contribution is 7.80. The molecule has 1 saturated heterocycles. The number of amides is 1. The molecule has 0 saturated carbocycles. The highest BCUT2D eigenvalue weighted by Crippen LogP contribution is 2.28. The van der Waals surface area contributed by atoms with Gasteiger partial charge < -0.3 is 20.6 Å². The maximum absolute atomic E-state index is 11.4. The molecule has 1 aliphatic rings. The lowest BCUT2D eigenvalue weighted by molar-refractivity contribution is -0.385. The average molecular weight is 361 g/mol. The van der Waals surface area contributed by atoms with Gasteiger partial charge in [0.05, 0.1) is 16.1 Å². The molecule has 0 aliphatic carbocycles. The van der Waals surface area contributed by atoms with Crippen molar-refractivity contribution in [2.24, 2.45) is 5.73 Å². The van der Waals surface area contributed by atoms with E-state index in [1.54, 1.807) is 6.07 Å². The first-order chi connectivity index (χ1) is 11.8. The van der Waals surface area contributed by atoms with Crippen molar-refractivity contribution >= 4 is 40.8 Å². The Morgan fingerprint density at radius 3 is 2.52 bits per heavy atom. The Balaban J connectivity index is 2.31. The molecule has 1 fully saturated rings. The van der Waals surface area contributed by atoms with E-state index >= 15 is 0 Å². The summed E-state index contributed by atoms with van der Waals surface area (Å²) in [6, 6.07) is 6.41. The molecule has 0 unspecified atom stereocenters. The molecule has 0 spiro atoms. The van der Waals surface area contributed by atoms with E-state index in [-0.39, 0.29) is 21.8 Å². The van der Waals surface area contributed by atoms with Crippen molar-refractivity contribution in [1.82, 2.24) is 4.90 Å². The molecule has 1 heterocycles. The van der Waals surface area contributed by atoms with Crippen LogP contribution >= 0.6 is 12.2 Å². The lowest BCUT2D eigenvalue weighted by atomic mass is 10.1. The minimum absolute atomic E-state index is 0.0130. The van der Waals surface area contributed by atoms with Gasteiger partial charge in [-0.15, -0.1) is 0 Å². The largest absolute Gasteiger partial charge is 0.465 e. The van der Waals surface area contributed by atoms with Crippen molar-refractivity contribution in [2.45, 2.75) is 0 Å². The van der Waals surface area contributed by atoms with E-state index in [2.05, 4.69) is 0 Å². The summed E-state index contributed by atoms with van der Waals surface area (Å²) in [5.41, 5.74) is 6.06. The van der Waals surface area contributed by atoms with E-state index in [1.807, 2.05) is 11.0 Å². The van der Waals surface area contributed by atoms with Crippen LogP contribution in [-0.2, 0) is 0 Å². The van der Waals surface area contributed by atoms with E-state index in [0.717, 1.165) is 0 Å². The minimum Gasteiger partial charge on any atom is -0.465 e. The van der Waals surface area contributed by atoms with E-state index in [9.17, 15) is 14.9 Å². The normalized spacial score (nSPS) is 14.8. The molecule has 1 amide bonds. The topological polar surface area (TPSA) is 137 Å². The van der Waals surface area contributed by atoms with E-state index < -0.39 is 11.0 Å². The first-order valence-corrected chi connectivity index (χ1v) is 7.67. The molecule has 9 nitrogen and oxygen atoms in total. The monoisotopic (exact) mass is 361 g/mol. The number of nitrogens with two attached hydrogens (primary N) is 1. The predicted molar refractivity (Wildman–Crippen MR) is 95.3 cm³/mol. The van der Waals surface area contributed by atoms with Gasteiger partial charge in [-0.25, -0.2) is 4.79 Å². The number of nitro groups is 1. The SMILES string of the molecule is N#CC(=Cc1ccc(N2CCN(C(=O)O)CC2)cc1[N+](=O)[O-])C(N)=S. The van der Waals surface area contributed by atoms with Gasteiger partial charge in [-0.1, -0.05) is 12.2 Å². The number of piperazine rings is 1. The van der Waals surface area contributed by atoms with Crippen LogP contribution in [0, 0.1) is 21.4 Å². The zero-order valence-electron chi connectivity index (χ0n) is 13.1. The van der Waals surface area contributed by atoms with Crippen LogP contribution in [0.5, 0.6) is 0 Å². The van der Waals surface area contributed by atoms with Crippen LogP contribution < -0.4 is 10.6 Å². The smallest absolute Gasteiger partial charge is 0.407 e. The molecule has 10 heteroatoms. The van der Waals surface area contributed by atoms with Gasteiger partial charge >= 0.3 is 6.09 Å². The van der Waals surface area contributed by atoms with Gasteiger partial charge in [0.15, 0.2) is 0 Å². The standard InChI is InChI=1S/C15H15N5O4S/c16-9-11(14(17)25)7-10-1-2-12(8-13(10)20(23)24)18-3-5-19(6-4-18)15(21)22/h1-2,7-8H,3-6H2,(H2,17,25)(H,21,22). The van der Waals surface area contributed by atoms with Crippen molar-refractivity contribution in [1.29, 1.82) is 5.26 Å². The van der Waals surface area contributed by atoms with Gasteiger partial charge in [-0.05, 0) is 18.2 Å². The second kappa shape index (κ2) is 7.59. The second-order valence-corrected chi connectivity index (χ2v) is 5.73. The molecule has 1 aromatic carbocycles. The Morgan fingerprint density at radius 2 is 2.04 bits per heavy atom. The maximum atomic E-state index is 11.4. The zero-order valence-corrected chi connectivity index (χ0v) is 13.9. The molecule has 2 rings (SSSR count). The highest BCUT2D eigenvalue weighted by Gasteiger charge is 2.23. The minimum atomic E-state index is -0.979. The summed E-state index contributed by atoms with van der Waals surface area (Å²) in [6.45, 7) is 1.53.